The molecule has 2 aromatic carbocycles. The molecule has 0 unspecified atom stereocenters. The average Bonchev–Trinajstić information content (AvgIpc) is 2.63. The first-order valence-electron chi connectivity index (χ1n) is 7.33. The number of nitrogens with zero attached hydrogens (tertiary/aromatic N) is 2. The summed E-state index contributed by atoms with van der Waals surface area (Å²) in [5.41, 5.74) is 1.56. The van der Waals surface area contributed by atoms with Crippen LogP contribution in [0.25, 0.3) is 0 Å². The quantitative estimate of drug-likeness (QED) is 0.497. The van der Waals surface area contributed by atoms with Gasteiger partial charge in [-0.3, -0.25) is 9.59 Å². The van der Waals surface area contributed by atoms with Crippen LogP contribution in [-0.4, -0.2) is 11.7 Å². The molecule has 0 aromatic heterocycles. The zero-order chi connectivity index (χ0) is 18.2. The molecule has 2 N–H and O–H groups in total. The van der Waals surface area contributed by atoms with Crippen molar-refractivity contribution in [3.05, 3.63) is 71.4 Å². The van der Waals surface area contributed by atoms with Gasteiger partial charge < -0.3 is 10.6 Å². The van der Waals surface area contributed by atoms with Crippen molar-refractivity contribution in [3.8, 4) is 12.1 Å². The third kappa shape index (κ3) is 4.54. The lowest BCUT2D eigenvalue weighted by atomic mass is 10.1. The van der Waals surface area contributed by atoms with Gasteiger partial charge in [0.2, 0.25) is 0 Å². The average molecular weight is 330 g/mol. The van der Waals surface area contributed by atoms with Crippen molar-refractivity contribution >= 4 is 23.1 Å². The maximum atomic E-state index is 12.2. The van der Waals surface area contributed by atoms with Gasteiger partial charge in [0, 0.05) is 17.5 Å². The van der Waals surface area contributed by atoms with Crippen LogP contribution in [0, 0.1) is 22.7 Å². The second-order valence-corrected chi connectivity index (χ2v) is 5.06. The Bertz CT molecular complexity index is 933. The molecule has 2 rings (SSSR count). The smallest absolute Gasteiger partial charge is 0.267 e. The van der Waals surface area contributed by atoms with Gasteiger partial charge in [-0.25, -0.2) is 0 Å². The Morgan fingerprint density at radius 3 is 2.52 bits per heavy atom. The van der Waals surface area contributed by atoms with E-state index in [0.717, 1.165) is 0 Å². The second-order valence-electron chi connectivity index (χ2n) is 5.06. The van der Waals surface area contributed by atoms with Crippen LogP contribution >= 0.6 is 0 Å². The number of hydrogen-bond donors (Lipinski definition) is 2. The Hall–Kier alpha value is -3.90. The van der Waals surface area contributed by atoms with Gasteiger partial charge in [0.15, 0.2) is 5.78 Å². The van der Waals surface area contributed by atoms with Crippen LogP contribution in [0.5, 0.6) is 0 Å². The Morgan fingerprint density at radius 2 is 1.84 bits per heavy atom. The molecule has 0 saturated heterocycles. The van der Waals surface area contributed by atoms with E-state index in [1.54, 1.807) is 54.6 Å². The molecule has 0 aliphatic heterocycles. The molecule has 0 aliphatic carbocycles. The van der Waals surface area contributed by atoms with Crippen molar-refractivity contribution in [2.45, 2.75) is 6.92 Å². The summed E-state index contributed by atoms with van der Waals surface area (Å²) in [5, 5.41) is 23.6. The van der Waals surface area contributed by atoms with Crippen molar-refractivity contribution in [2.24, 2.45) is 0 Å². The minimum atomic E-state index is -0.638. The van der Waals surface area contributed by atoms with Gasteiger partial charge in [-0.1, -0.05) is 24.3 Å². The summed E-state index contributed by atoms with van der Waals surface area (Å²) in [5.74, 6) is -0.723. The SMILES string of the molecule is CC(=O)c1cccc(N/C=C(/C#N)C(=O)Nc2ccccc2C#N)c1. The van der Waals surface area contributed by atoms with E-state index in [9.17, 15) is 14.9 Å². The first-order chi connectivity index (χ1) is 12.0. The van der Waals surface area contributed by atoms with Gasteiger partial charge in [-0.2, -0.15) is 10.5 Å². The fourth-order valence-electron chi connectivity index (χ4n) is 2.01. The molecular formula is C19H14N4O2. The van der Waals surface area contributed by atoms with E-state index in [1.807, 2.05) is 6.07 Å². The van der Waals surface area contributed by atoms with Crippen molar-refractivity contribution in [1.82, 2.24) is 0 Å². The third-order valence-electron chi connectivity index (χ3n) is 3.31. The topological polar surface area (TPSA) is 106 Å². The predicted octanol–water partition coefficient (Wildman–Crippen LogP) is 3.22. The van der Waals surface area contributed by atoms with Crippen molar-refractivity contribution in [1.29, 1.82) is 10.5 Å². The number of carbonyl (C=O) groups excluding carboxylic acids is 2. The third-order valence-corrected chi connectivity index (χ3v) is 3.31. The van der Waals surface area contributed by atoms with Gasteiger partial charge in [0.25, 0.3) is 5.91 Å². The maximum absolute atomic E-state index is 12.2. The van der Waals surface area contributed by atoms with Gasteiger partial charge in [-0.05, 0) is 31.2 Å². The summed E-state index contributed by atoms with van der Waals surface area (Å²) in [6.45, 7) is 1.45. The number of anilines is 2. The van der Waals surface area contributed by atoms with E-state index in [0.29, 0.717) is 22.5 Å². The van der Waals surface area contributed by atoms with Gasteiger partial charge in [-0.15, -0.1) is 0 Å². The first kappa shape index (κ1) is 17.5. The number of ketones is 1. The highest BCUT2D eigenvalue weighted by Gasteiger charge is 2.11. The highest BCUT2D eigenvalue weighted by Crippen LogP contribution is 2.15. The molecule has 0 fully saturated rings. The van der Waals surface area contributed by atoms with E-state index in [1.165, 1.54) is 13.1 Å². The van der Waals surface area contributed by atoms with E-state index < -0.39 is 5.91 Å². The lowest BCUT2D eigenvalue weighted by Crippen LogP contribution is -2.15. The summed E-state index contributed by atoms with van der Waals surface area (Å²) in [4.78, 5) is 23.6. The Kier molecular flexibility index (Phi) is 5.65. The van der Waals surface area contributed by atoms with Crippen molar-refractivity contribution < 1.29 is 9.59 Å². The standard InChI is InChI=1S/C19H14N4O2/c1-13(24)14-6-4-7-17(9-14)22-12-16(11-21)19(25)23-18-8-3-2-5-15(18)10-20/h2-9,12,22H,1H3,(H,23,25)/b16-12-. The van der Waals surface area contributed by atoms with Crippen molar-refractivity contribution in [2.75, 3.05) is 10.6 Å². The van der Waals surface area contributed by atoms with Crippen LogP contribution in [0.2, 0.25) is 0 Å². The van der Waals surface area contributed by atoms with Crippen LogP contribution in [0.3, 0.4) is 0 Å². The molecule has 0 atom stereocenters. The molecular weight excluding hydrogens is 316 g/mol. The van der Waals surface area contributed by atoms with Crippen LogP contribution in [0.4, 0.5) is 11.4 Å². The molecule has 0 radical (unpaired) electrons. The first-order valence-corrected chi connectivity index (χ1v) is 7.33. The van der Waals surface area contributed by atoms with Crippen LogP contribution in [0.15, 0.2) is 60.3 Å². The summed E-state index contributed by atoms with van der Waals surface area (Å²) in [6.07, 6.45) is 1.25. The van der Waals surface area contributed by atoms with Crippen LogP contribution in [-0.2, 0) is 4.79 Å². The summed E-state index contributed by atoms with van der Waals surface area (Å²) < 4.78 is 0. The lowest BCUT2D eigenvalue weighted by Gasteiger charge is -2.07. The largest absolute Gasteiger partial charge is 0.360 e. The molecule has 122 valence electrons. The maximum Gasteiger partial charge on any atom is 0.267 e. The molecule has 0 aliphatic rings. The Balaban J connectivity index is 2.16. The zero-order valence-corrected chi connectivity index (χ0v) is 13.4. The highest BCUT2D eigenvalue weighted by atomic mass is 16.1. The molecule has 2 aromatic rings. The van der Waals surface area contributed by atoms with E-state index in [-0.39, 0.29) is 11.4 Å². The summed E-state index contributed by atoms with van der Waals surface area (Å²) >= 11 is 0. The second kappa shape index (κ2) is 8.09. The lowest BCUT2D eigenvalue weighted by molar-refractivity contribution is -0.112. The number of amides is 1. The van der Waals surface area contributed by atoms with Crippen molar-refractivity contribution in [3.63, 3.8) is 0 Å². The predicted molar refractivity (Wildman–Crippen MR) is 93.6 cm³/mol. The molecule has 0 saturated carbocycles. The van der Waals surface area contributed by atoms with E-state index >= 15 is 0 Å². The molecule has 6 nitrogen and oxygen atoms in total. The molecule has 1 amide bonds. The minimum Gasteiger partial charge on any atom is -0.360 e. The summed E-state index contributed by atoms with van der Waals surface area (Å²) in [7, 11) is 0. The summed E-state index contributed by atoms with van der Waals surface area (Å²) in [6, 6.07) is 17.0. The Morgan fingerprint density at radius 1 is 1.08 bits per heavy atom. The fraction of sp³-hybridized carbons (Fsp3) is 0.0526. The minimum absolute atomic E-state index is 0.0843. The number of nitriles is 2. The molecule has 6 heteroatoms. The monoisotopic (exact) mass is 330 g/mol. The number of para-hydroxylation sites is 1. The molecule has 0 heterocycles. The zero-order valence-electron chi connectivity index (χ0n) is 13.4. The number of benzene rings is 2. The molecule has 0 spiro atoms. The van der Waals surface area contributed by atoms with Crippen LogP contribution < -0.4 is 10.6 Å². The fourth-order valence-corrected chi connectivity index (χ4v) is 2.01. The normalized spacial score (nSPS) is 10.3. The number of nitrogens with one attached hydrogen (secondary N) is 2. The molecule has 25 heavy (non-hydrogen) atoms. The number of hydrogen-bond acceptors (Lipinski definition) is 5. The van der Waals surface area contributed by atoms with E-state index in [4.69, 9.17) is 5.26 Å². The highest BCUT2D eigenvalue weighted by molar-refractivity contribution is 6.07. The number of Topliss-reactive ketones (excluding diaryl/α,β-unsaturated/α-hetero) is 1. The number of rotatable bonds is 5. The van der Waals surface area contributed by atoms with Gasteiger partial charge in [0.05, 0.1) is 11.3 Å². The molecule has 0 bridgehead atoms. The van der Waals surface area contributed by atoms with Crippen LogP contribution in [0.1, 0.15) is 22.8 Å². The van der Waals surface area contributed by atoms with E-state index in [2.05, 4.69) is 10.6 Å². The Labute approximate surface area is 145 Å². The van der Waals surface area contributed by atoms with Gasteiger partial charge in [0.1, 0.15) is 17.7 Å². The number of carbonyl (C=O) groups is 2. The van der Waals surface area contributed by atoms with Gasteiger partial charge >= 0.3 is 0 Å².